The molecule has 0 aliphatic heterocycles. The molecule has 2 aromatic rings. The number of amidine groups is 1. The van der Waals surface area contributed by atoms with Gasteiger partial charge in [0.05, 0.1) is 29.3 Å². The van der Waals surface area contributed by atoms with Gasteiger partial charge < -0.3 is 10.5 Å². The molecule has 0 aromatic heterocycles. The van der Waals surface area contributed by atoms with Gasteiger partial charge in [-0.15, -0.1) is 11.6 Å². The number of benzene rings is 2. The molecule has 6 nitrogen and oxygen atoms in total. The van der Waals surface area contributed by atoms with E-state index in [9.17, 15) is 8.42 Å². The summed E-state index contributed by atoms with van der Waals surface area (Å²) in [6, 6.07) is 11.3. The second-order valence-corrected chi connectivity index (χ2v) is 6.99. The number of nitrogens with zero attached hydrogens (tertiary/aromatic N) is 1. The normalized spacial score (nSPS) is 12.0. The van der Waals surface area contributed by atoms with Crippen molar-refractivity contribution in [3.63, 3.8) is 0 Å². The quantitative estimate of drug-likeness (QED) is 0.466. The Morgan fingerprint density at radius 1 is 1.25 bits per heavy atom. The number of aliphatic imine (C=N–C) groups is 1. The molecular formula is C16H18ClN3O3S. The van der Waals surface area contributed by atoms with Crippen LogP contribution in [0.5, 0.6) is 5.75 Å². The zero-order valence-corrected chi connectivity index (χ0v) is 14.9. The molecule has 0 aliphatic carbocycles. The molecule has 0 atom stereocenters. The van der Waals surface area contributed by atoms with Gasteiger partial charge in [0.25, 0.3) is 10.0 Å². The average molecular weight is 368 g/mol. The van der Waals surface area contributed by atoms with Gasteiger partial charge in [-0.2, -0.15) is 0 Å². The fraction of sp³-hybridized carbons (Fsp3) is 0.188. The molecule has 2 aromatic carbocycles. The first kappa shape index (κ1) is 18.1. The summed E-state index contributed by atoms with van der Waals surface area (Å²) in [5.74, 6) is 0.810. The lowest BCUT2D eigenvalue weighted by Crippen LogP contribution is -2.14. The number of nitrogens with two attached hydrogens (primary N) is 1. The highest BCUT2D eigenvalue weighted by Gasteiger charge is 2.16. The Kier molecular flexibility index (Phi) is 5.69. The van der Waals surface area contributed by atoms with E-state index in [0.29, 0.717) is 17.1 Å². The maximum atomic E-state index is 12.5. The van der Waals surface area contributed by atoms with Crippen molar-refractivity contribution in [2.75, 3.05) is 17.7 Å². The SMILES string of the molecule is COc1ccc(C)cc1NS(=O)(=O)c1ccc(N=C(N)CCl)cc1. The molecule has 8 heteroatoms. The van der Waals surface area contributed by atoms with E-state index in [1.54, 1.807) is 24.3 Å². The molecule has 0 spiro atoms. The van der Waals surface area contributed by atoms with Crippen LogP contribution >= 0.6 is 11.6 Å². The summed E-state index contributed by atoms with van der Waals surface area (Å²) in [6.07, 6.45) is 0. The van der Waals surface area contributed by atoms with Gasteiger partial charge >= 0.3 is 0 Å². The Morgan fingerprint density at radius 3 is 2.50 bits per heavy atom. The predicted molar refractivity (Wildman–Crippen MR) is 97.0 cm³/mol. The summed E-state index contributed by atoms with van der Waals surface area (Å²) in [7, 11) is -2.27. The molecule has 0 bridgehead atoms. The fourth-order valence-electron chi connectivity index (χ4n) is 2.00. The highest BCUT2D eigenvalue weighted by molar-refractivity contribution is 7.92. The largest absolute Gasteiger partial charge is 0.495 e. The van der Waals surface area contributed by atoms with Crippen molar-refractivity contribution in [3.8, 4) is 5.75 Å². The van der Waals surface area contributed by atoms with E-state index in [1.807, 2.05) is 13.0 Å². The number of anilines is 1. The van der Waals surface area contributed by atoms with E-state index in [-0.39, 0.29) is 16.6 Å². The lowest BCUT2D eigenvalue weighted by atomic mass is 10.2. The third-order valence-electron chi connectivity index (χ3n) is 3.16. The minimum atomic E-state index is -3.75. The number of halogens is 1. The number of hydrogen-bond donors (Lipinski definition) is 2. The minimum Gasteiger partial charge on any atom is -0.495 e. The lowest BCUT2D eigenvalue weighted by Gasteiger charge is -2.12. The number of hydrogen-bond acceptors (Lipinski definition) is 4. The minimum absolute atomic E-state index is 0.106. The molecule has 0 aliphatic rings. The van der Waals surface area contributed by atoms with Crippen molar-refractivity contribution >= 4 is 38.8 Å². The second-order valence-electron chi connectivity index (χ2n) is 5.04. The Labute approximate surface area is 146 Å². The van der Waals surface area contributed by atoms with Gasteiger partial charge in [-0.25, -0.2) is 13.4 Å². The van der Waals surface area contributed by atoms with E-state index >= 15 is 0 Å². The molecule has 0 fully saturated rings. The average Bonchev–Trinajstić information content (AvgIpc) is 2.55. The summed E-state index contributed by atoms with van der Waals surface area (Å²) >= 11 is 5.56. The van der Waals surface area contributed by atoms with Crippen LogP contribution in [-0.2, 0) is 10.0 Å². The number of rotatable bonds is 6. The van der Waals surface area contributed by atoms with Crippen molar-refractivity contribution in [1.82, 2.24) is 0 Å². The van der Waals surface area contributed by atoms with Crippen LogP contribution in [0.3, 0.4) is 0 Å². The van der Waals surface area contributed by atoms with Crippen LogP contribution in [0.1, 0.15) is 5.56 Å². The molecule has 0 amide bonds. The van der Waals surface area contributed by atoms with Gasteiger partial charge in [0, 0.05) is 0 Å². The van der Waals surface area contributed by atoms with Gasteiger partial charge in [0.2, 0.25) is 0 Å². The van der Waals surface area contributed by atoms with Crippen LogP contribution in [0.25, 0.3) is 0 Å². The Morgan fingerprint density at radius 2 is 1.92 bits per heavy atom. The van der Waals surface area contributed by atoms with Crippen molar-refractivity contribution in [2.24, 2.45) is 10.7 Å². The van der Waals surface area contributed by atoms with Gasteiger partial charge in [0.15, 0.2) is 0 Å². The van der Waals surface area contributed by atoms with E-state index in [0.717, 1.165) is 5.56 Å². The first-order valence-electron chi connectivity index (χ1n) is 7.02. The zero-order chi connectivity index (χ0) is 17.7. The summed E-state index contributed by atoms with van der Waals surface area (Å²) in [5.41, 5.74) is 7.37. The number of nitrogens with one attached hydrogen (secondary N) is 1. The van der Waals surface area contributed by atoms with Gasteiger partial charge in [-0.1, -0.05) is 6.07 Å². The van der Waals surface area contributed by atoms with Crippen molar-refractivity contribution in [1.29, 1.82) is 0 Å². The highest BCUT2D eigenvalue weighted by Crippen LogP contribution is 2.28. The molecule has 24 heavy (non-hydrogen) atoms. The van der Waals surface area contributed by atoms with E-state index < -0.39 is 10.0 Å². The Bertz CT molecular complexity index is 849. The Balaban J connectivity index is 2.30. The van der Waals surface area contributed by atoms with Crippen LogP contribution in [0.4, 0.5) is 11.4 Å². The van der Waals surface area contributed by atoms with Crippen molar-refractivity contribution < 1.29 is 13.2 Å². The van der Waals surface area contributed by atoms with Gasteiger partial charge in [0.1, 0.15) is 11.6 Å². The van der Waals surface area contributed by atoms with Crippen LogP contribution in [0, 0.1) is 6.92 Å². The van der Waals surface area contributed by atoms with Crippen molar-refractivity contribution in [3.05, 3.63) is 48.0 Å². The summed E-state index contributed by atoms with van der Waals surface area (Å²) in [5, 5.41) is 0. The Hall–Kier alpha value is -2.25. The zero-order valence-electron chi connectivity index (χ0n) is 13.3. The summed E-state index contributed by atoms with van der Waals surface area (Å²) in [4.78, 5) is 4.16. The highest BCUT2D eigenvalue weighted by atomic mass is 35.5. The molecule has 0 radical (unpaired) electrons. The van der Waals surface area contributed by atoms with Gasteiger partial charge in [-0.05, 0) is 48.9 Å². The number of aryl methyl sites for hydroxylation is 1. The van der Waals surface area contributed by atoms with E-state index in [2.05, 4.69) is 9.71 Å². The molecule has 0 saturated heterocycles. The summed E-state index contributed by atoms with van der Waals surface area (Å²) < 4.78 is 32.8. The maximum Gasteiger partial charge on any atom is 0.262 e. The smallest absolute Gasteiger partial charge is 0.262 e. The standard InChI is InChI=1S/C16H18ClN3O3S/c1-11-3-8-15(23-2)14(9-11)20-24(21,22)13-6-4-12(5-7-13)19-16(18)10-17/h3-9,20H,10H2,1-2H3,(H2,18,19). The molecule has 3 N–H and O–H groups in total. The first-order valence-corrected chi connectivity index (χ1v) is 9.04. The molecule has 0 heterocycles. The fourth-order valence-corrected chi connectivity index (χ4v) is 3.12. The number of sulfonamides is 1. The first-order chi connectivity index (χ1) is 11.4. The number of ether oxygens (including phenoxy) is 1. The van der Waals surface area contributed by atoms with Gasteiger partial charge in [-0.3, -0.25) is 4.72 Å². The lowest BCUT2D eigenvalue weighted by molar-refractivity contribution is 0.417. The van der Waals surface area contributed by atoms with E-state index in [1.165, 1.54) is 19.2 Å². The molecule has 0 saturated carbocycles. The van der Waals surface area contributed by atoms with E-state index in [4.69, 9.17) is 22.1 Å². The van der Waals surface area contributed by atoms with Crippen LogP contribution < -0.4 is 15.2 Å². The predicted octanol–water partition coefficient (Wildman–Crippen LogP) is 3.03. The van der Waals surface area contributed by atoms with Crippen LogP contribution in [0.15, 0.2) is 52.4 Å². The third kappa shape index (κ3) is 4.39. The monoisotopic (exact) mass is 367 g/mol. The number of alkyl halides is 1. The molecular weight excluding hydrogens is 350 g/mol. The molecule has 128 valence electrons. The van der Waals surface area contributed by atoms with Crippen LogP contribution in [-0.4, -0.2) is 27.2 Å². The maximum absolute atomic E-state index is 12.5. The molecule has 0 unspecified atom stereocenters. The number of methoxy groups -OCH3 is 1. The second kappa shape index (κ2) is 7.55. The summed E-state index contributed by atoms with van der Waals surface area (Å²) in [6.45, 7) is 1.87. The third-order valence-corrected chi connectivity index (χ3v) is 4.81. The van der Waals surface area contributed by atoms with Crippen molar-refractivity contribution in [2.45, 2.75) is 11.8 Å². The topological polar surface area (TPSA) is 93.8 Å². The molecule has 2 rings (SSSR count). The van der Waals surface area contributed by atoms with Crippen LogP contribution in [0.2, 0.25) is 0 Å².